The molecule has 1 atom stereocenters. The standard InChI is InChI=1S/C16H19ClF3N3O2/c1-10(22-5-7-23(8-6-22)11(2)24)15(25)21-14-4-3-12(17)9-13(14)16(18,19)20/h3-4,9-10H,5-8H2,1-2H3,(H,21,25)/t10-/m0/s1. The lowest BCUT2D eigenvalue weighted by Gasteiger charge is -2.37. The molecule has 0 aliphatic carbocycles. The van der Waals surface area contributed by atoms with Gasteiger partial charge in [-0.15, -0.1) is 0 Å². The minimum Gasteiger partial charge on any atom is -0.340 e. The molecule has 0 unspecified atom stereocenters. The molecule has 0 bridgehead atoms. The molecule has 1 aromatic carbocycles. The molecule has 0 radical (unpaired) electrons. The fraction of sp³-hybridized carbons (Fsp3) is 0.500. The lowest BCUT2D eigenvalue weighted by atomic mass is 10.1. The monoisotopic (exact) mass is 377 g/mol. The molecule has 0 spiro atoms. The van der Waals surface area contributed by atoms with Gasteiger partial charge in [0.2, 0.25) is 11.8 Å². The van der Waals surface area contributed by atoms with Crippen molar-refractivity contribution >= 4 is 29.1 Å². The van der Waals surface area contributed by atoms with E-state index in [2.05, 4.69) is 5.32 Å². The van der Waals surface area contributed by atoms with Crippen LogP contribution < -0.4 is 5.32 Å². The summed E-state index contributed by atoms with van der Waals surface area (Å²) in [5, 5.41) is 2.28. The second-order valence-corrected chi connectivity index (χ2v) is 6.33. The van der Waals surface area contributed by atoms with Crippen LogP contribution in [0.5, 0.6) is 0 Å². The number of halogens is 4. The highest BCUT2D eigenvalue weighted by Crippen LogP contribution is 2.36. The van der Waals surface area contributed by atoms with E-state index in [0.29, 0.717) is 26.2 Å². The number of piperazine rings is 1. The Hall–Kier alpha value is -1.80. The lowest BCUT2D eigenvalue weighted by Crippen LogP contribution is -2.53. The van der Waals surface area contributed by atoms with Gasteiger partial charge in [-0.3, -0.25) is 14.5 Å². The van der Waals surface area contributed by atoms with Crippen molar-refractivity contribution in [1.29, 1.82) is 0 Å². The molecule has 138 valence electrons. The Morgan fingerprint density at radius 1 is 1.20 bits per heavy atom. The molecule has 1 saturated heterocycles. The van der Waals surface area contributed by atoms with Gasteiger partial charge in [-0.25, -0.2) is 0 Å². The van der Waals surface area contributed by atoms with Gasteiger partial charge in [0.15, 0.2) is 0 Å². The minimum atomic E-state index is -4.62. The number of benzene rings is 1. The molecule has 2 amide bonds. The first kappa shape index (κ1) is 19.5. The number of carbonyl (C=O) groups excluding carboxylic acids is 2. The molecule has 1 aromatic rings. The van der Waals surface area contributed by atoms with E-state index in [1.165, 1.54) is 13.0 Å². The van der Waals surface area contributed by atoms with E-state index in [0.717, 1.165) is 12.1 Å². The number of hydrogen-bond acceptors (Lipinski definition) is 3. The highest BCUT2D eigenvalue weighted by molar-refractivity contribution is 6.30. The maximum Gasteiger partial charge on any atom is 0.418 e. The van der Waals surface area contributed by atoms with Crippen molar-refractivity contribution in [2.24, 2.45) is 0 Å². The molecule has 5 nitrogen and oxygen atoms in total. The van der Waals surface area contributed by atoms with Crippen LogP contribution in [0.25, 0.3) is 0 Å². The smallest absolute Gasteiger partial charge is 0.340 e. The first-order valence-corrected chi connectivity index (χ1v) is 8.14. The SMILES string of the molecule is CC(=O)N1CCN([C@@H](C)C(=O)Nc2ccc(Cl)cc2C(F)(F)F)CC1. The van der Waals surface area contributed by atoms with Crippen molar-refractivity contribution in [1.82, 2.24) is 9.80 Å². The summed E-state index contributed by atoms with van der Waals surface area (Å²) < 4.78 is 39.3. The maximum atomic E-state index is 13.1. The molecular weight excluding hydrogens is 359 g/mol. The van der Waals surface area contributed by atoms with E-state index < -0.39 is 23.7 Å². The molecule has 9 heteroatoms. The number of rotatable bonds is 3. The van der Waals surface area contributed by atoms with E-state index in [4.69, 9.17) is 11.6 Å². The number of carbonyl (C=O) groups is 2. The summed E-state index contributed by atoms with van der Waals surface area (Å²) in [5.41, 5.74) is -1.31. The molecule has 1 fully saturated rings. The number of anilines is 1. The molecule has 1 aliphatic rings. The summed E-state index contributed by atoms with van der Waals surface area (Å²) in [6, 6.07) is 2.60. The van der Waals surface area contributed by atoms with Crippen LogP contribution in [0.15, 0.2) is 18.2 Å². The Balaban J connectivity index is 2.06. The summed E-state index contributed by atoms with van der Waals surface area (Å²) in [7, 11) is 0. The summed E-state index contributed by atoms with van der Waals surface area (Å²) >= 11 is 5.63. The molecule has 0 saturated carbocycles. The second-order valence-electron chi connectivity index (χ2n) is 5.89. The van der Waals surface area contributed by atoms with Crippen molar-refractivity contribution < 1.29 is 22.8 Å². The van der Waals surface area contributed by atoms with Crippen LogP contribution in [0.2, 0.25) is 5.02 Å². The molecular formula is C16H19ClF3N3O2. The number of amides is 2. The van der Waals surface area contributed by atoms with Gasteiger partial charge in [-0.2, -0.15) is 13.2 Å². The maximum absolute atomic E-state index is 13.1. The van der Waals surface area contributed by atoms with Gasteiger partial charge in [0, 0.05) is 38.1 Å². The number of nitrogens with zero attached hydrogens (tertiary/aromatic N) is 2. The van der Waals surface area contributed by atoms with Gasteiger partial charge >= 0.3 is 6.18 Å². The normalized spacial score (nSPS) is 17.3. The van der Waals surface area contributed by atoms with Crippen LogP contribution in [0.3, 0.4) is 0 Å². The predicted molar refractivity (Wildman–Crippen MR) is 88.4 cm³/mol. The average Bonchev–Trinajstić information content (AvgIpc) is 2.54. The molecule has 1 N–H and O–H groups in total. The zero-order chi connectivity index (χ0) is 18.8. The van der Waals surface area contributed by atoms with E-state index in [9.17, 15) is 22.8 Å². The van der Waals surface area contributed by atoms with Gasteiger partial charge in [0.25, 0.3) is 0 Å². The number of nitrogens with one attached hydrogen (secondary N) is 1. The van der Waals surface area contributed by atoms with Crippen molar-refractivity contribution in [2.45, 2.75) is 26.1 Å². The number of hydrogen-bond donors (Lipinski definition) is 1. The third kappa shape index (κ3) is 4.85. The van der Waals surface area contributed by atoms with E-state index in [-0.39, 0.29) is 16.6 Å². The van der Waals surface area contributed by atoms with Gasteiger partial charge in [-0.1, -0.05) is 11.6 Å². The van der Waals surface area contributed by atoms with Crippen molar-refractivity contribution in [2.75, 3.05) is 31.5 Å². The predicted octanol–water partition coefficient (Wildman–Crippen LogP) is 2.85. The van der Waals surface area contributed by atoms with Gasteiger partial charge < -0.3 is 10.2 Å². The molecule has 0 aromatic heterocycles. The Morgan fingerprint density at radius 3 is 2.32 bits per heavy atom. The van der Waals surface area contributed by atoms with Gasteiger partial charge in [0.05, 0.1) is 17.3 Å². The van der Waals surface area contributed by atoms with Gasteiger partial charge in [0.1, 0.15) is 0 Å². The van der Waals surface area contributed by atoms with Crippen LogP contribution in [-0.4, -0.2) is 53.8 Å². The van der Waals surface area contributed by atoms with Crippen molar-refractivity contribution in [3.63, 3.8) is 0 Å². The summed E-state index contributed by atoms with van der Waals surface area (Å²) in [5.74, 6) is -0.572. The molecule has 25 heavy (non-hydrogen) atoms. The van der Waals surface area contributed by atoms with E-state index in [1.54, 1.807) is 11.8 Å². The van der Waals surface area contributed by atoms with Crippen LogP contribution in [-0.2, 0) is 15.8 Å². The Kier molecular flexibility index (Phi) is 5.95. The highest BCUT2D eigenvalue weighted by atomic mass is 35.5. The lowest BCUT2D eigenvalue weighted by molar-refractivity contribution is -0.137. The van der Waals surface area contributed by atoms with E-state index >= 15 is 0 Å². The van der Waals surface area contributed by atoms with Crippen molar-refractivity contribution in [3.8, 4) is 0 Å². The third-order valence-electron chi connectivity index (χ3n) is 4.23. The van der Waals surface area contributed by atoms with Crippen LogP contribution in [0.4, 0.5) is 18.9 Å². The largest absolute Gasteiger partial charge is 0.418 e. The van der Waals surface area contributed by atoms with E-state index in [1.807, 2.05) is 4.90 Å². The van der Waals surface area contributed by atoms with Crippen molar-refractivity contribution in [3.05, 3.63) is 28.8 Å². The number of alkyl halides is 3. The van der Waals surface area contributed by atoms with Crippen LogP contribution >= 0.6 is 11.6 Å². The third-order valence-corrected chi connectivity index (χ3v) is 4.47. The highest BCUT2D eigenvalue weighted by Gasteiger charge is 2.35. The fourth-order valence-corrected chi connectivity index (χ4v) is 2.86. The average molecular weight is 378 g/mol. The first-order chi connectivity index (χ1) is 11.6. The second kappa shape index (κ2) is 7.61. The van der Waals surface area contributed by atoms with Crippen LogP contribution in [0, 0.1) is 0 Å². The summed E-state index contributed by atoms with van der Waals surface area (Å²) in [4.78, 5) is 27.2. The van der Waals surface area contributed by atoms with Gasteiger partial charge in [-0.05, 0) is 25.1 Å². The summed E-state index contributed by atoms with van der Waals surface area (Å²) in [6.07, 6.45) is -4.62. The fourth-order valence-electron chi connectivity index (χ4n) is 2.69. The molecule has 2 rings (SSSR count). The Morgan fingerprint density at radius 2 is 1.80 bits per heavy atom. The van der Waals surface area contributed by atoms with Crippen LogP contribution in [0.1, 0.15) is 19.4 Å². The molecule has 1 heterocycles. The topological polar surface area (TPSA) is 52.7 Å². The Labute approximate surface area is 148 Å². The molecule has 1 aliphatic heterocycles. The Bertz CT molecular complexity index is 659. The first-order valence-electron chi connectivity index (χ1n) is 7.76. The zero-order valence-electron chi connectivity index (χ0n) is 13.9. The quantitative estimate of drug-likeness (QED) is 0.881. The zero-order valence-corrected chi connectivity index (χ0v) is 14.6. The summed E-state index contributed by atoms with van der Waals surface area (Å²) in [6.45, 7) is 5.05. The minimum absolute atomic E-state index is 0.0345.